The van der Waals surface area contributed by atoms with E-state index in [0.717, 1.165) is 12.2 Å². The molecule has 0 aromatic heterocycles. The van der Waals surface area contributed by atoms with Crippen LogP contribution in [0.2, 0.25) is 0 Å². The van der Waals surface area contributed by atoms with Gasteiger partial charge in [-0.15, -0.1) is 12.4 Å². The maximum atomic E-state index is 11.6. The molecule has 1 saturated heterocycles. The van der Waals surface area contributed by atoms with Crippen LogP contribution in [0.1, 0.15) is 43.2 Å². The van der Waals surface area contributed by atoms with E-state index >= 15 is 0 Å². The number of halogens is 1. The summed E-state index contributed by atoms with van der Waals surface area (Å²) in [6.07, 6.45) is 4.32. The van der Waals surface area contributed by atoms with Crippen LogP contribution in [0.5, 0.6) is 0 Å². The third-order valence-electron chi connectivity index (χ3n) is 4.31. The quantitative estimate of drug-likeness (QED) is 0.928. The number of piperidine rings is 1. The number of anilines is 1. The topological polar surface area (TPSA) is 32.3 Å². The van der Waals surface area contributed by atoms with Crippen molar-refractivity contribution in [2.45, 2.75) is 38.5 Å². The first-order valence-electron chi connectivity index (χ1n) is 7.42. The van der Waals surface area contributed by atoms with Gasteiger partial charge in [0.05, 0.1) is 6.42 Å². The highest BCUT2D eigenvalue weighted by Gasteiger charge is 2.27. The molecule has 0 bridgehead atoms. The van der Waals surface area contributed by atoms with E-state index in [2.05, 4.69) is 29.3 Å². The molecule has 0 spiro atoms. The Balaban J connectivity index is 0.00000147. The van der Waals surface area contributed by atoms with Crippen LogP contribution in [-0.4, -0.2) is 30.4 Å². The lowest BCUT2D eigenvalue weighted by molar-refractivity contribution is -0.115. The summed E-state index contributed by atoms with van der Waals surface area (Å²) < 4.78 is 0. The second-order valence-electron chi connectivity index (χ2n) is 5.74. The maximum absolute atomic E-state index is 11.6. The lowest BCUT2D eigenvalue weighted by Crippen LogP contribution is -2.35. The van der Waals surface area contributed by atoms with Crippen LogP contribution < -0.4 is 5.32 Å². The van der Waals surface area contributed by atoms with Crippen molar-refractivity contribution in [1.29, 1.82) is 0 Å². The summed E-state index contributed by atoms with van der Waals surface area (Å²) in [5.41, 5.74) is 3.68. The first-order chi connectivity index (χ1) is 9.28. The van der Waals surface area contributed by atoms with Gasteiger partial charge in [-0.25, -0.2) is 0 Å². The highest BCUT2D eigenvalue weighted by atomic mass is 35.5. The molecule has 4 heteroatoms. The molecule has 3 rings (SSSR count). The summed E-state index contributed by atoms with van der Waals surface area (Å²) in [7, 11) is 0. The molecule has 1 unspecified atom stereocenters. The number of likely N-dealkylation sites (tertiary alicyclic amines) is 1. The number of hydrogen-bond acceptors (Lipinski definition) is 2. The van der Waals surface area contributed by atoms with Gasteiger partial charge in [0.15, 0.2) is 0 Å². The van der Waals surface area contributed by atoms with E-state index in [1.165, 1.54) is 43.5 Å². The van der Waals surface area contributed by atoms with Crippen LogP contribution in [0, 0.1) is 0 Å². The molecule has 1 atom stereocenters. The van der Waals surface area contributed by atoms with Crippen molar-refractivity contribution in [3.63, 3.8) is 0 Å². The van der Waals surface area contributed by atoms with Crippen molar-refractivity contribution in [2.24, 2.45) is 0 Å². The van der Waals surface area contributed by atoms with Gasteiger partial charge in [0.1, 0.15) is 0 Å². The monoisotopic (exact) mass is 294 g/mol. The summed E-state index contributed by atoms with van der Waals surface area (Å²) in [5.74, 6) is 0.742. The summed E-state index contributed by atoms with van der Waals surface area (Å²) >= 11 is 0. The summed E-state index contributed by atoms with van der Waals surface area (Å²) in [6, 6.07) is 6.33. The standard InChI is InChI=1S/C16H22N2O.ClH/c1-2-8-18-9-4-5-12(11-18)13-6-3-7-15-14(13)10-16(19)17-15;/h3,6-7,12H,2,4-5,8-11H2,1H3,(H,17,19);1H. The van der Waals surface area contributed by atoms with Crippen molar-refractivity contribution >= 4 is 24.0 Å². The van der Waals surface area contributed by atoms with Crippen LogP contribution in [0.15, 0.2) is 18.2 Å². The molecule has 110 valence electrons. The van der Waals surface area contributed by atoms with Gasteiger partial charge < -0.3 is 10.2 Å². The van der Waals surface area contributed by atoms with Gasteiger partial charge >= 0.3 is 0 Å². The third kappa shape index (κ3) is 2.99. The third-order valence-corrected chi connectivity index (χ3v) is 4.31. The van der Waals surface area contributed by atoms with Crippen LogP contribution in [0.4, 0.5) is 5.69 Å². The average Bonchev–Trinajstić information content (AvgIpc) is 2.79. The van der Waals surface area contributed by atoms with E-state index in [-0.39, 0.29) is 18.3 Å². The van der Waals surface area contributed by atoms with E-state index in [4.69, 9.17) is 0 Å². The van der Waals surface area contributed by atoms with Gasteiger partial charge in [-0.3, -0.25) is 4.79 Å². The van der Waals surface area contributed by atoms with Crippen molar-refractivity contribution in [3.05, 3.63) is 29.3 Å². The molecule has 1 aromatic rings. The number of nitrogens with one attached hydrogen (secondary N) is 1. The molecule has 1 amide bonds. The zero-order valence-corrected chi connectivity index (χ0v) is 12.8. The molecule has 0 radical (unpaired) electrons. The Kier molecular flexibility index (Phi) is 5.06. The molecule has 1 N–H and O–H groups in total. The van der Waals surface area contributed by atoms with E-state index in [0.29, 0.717) is 12.3 Å². The molecular weight excluding hydrogens is 272 g/mol. The molecule has 0 saturated carbocycles. The number of amides is 1. The number of carbonyl (C=O) groups excluding carboxylic acids is 1. The summed E-state index contributed by atoms with van der Waals surface area (Å²) in [4.78, 5) is 14.1. The first kappa shape index (κ1) is 15.3. The molecule has 1 fully saturated rings. The number of benzene rings is 1. The number of hydrogen-bond donors (Lipinski definition) is 1. The lowest BCUT2D eigenvalue weighted by atomic mass is 9.86. The number of carbonyl (C=O) groups is 1. The molecule has 3 nitrogen and oxygen atoms in total. The van der Waals surface area contributed by atoms with Gasteiger partial charge in [-0.1, -0.05) is 19.1 Å². The SMILES string of the molecule is CCCN1CCCC(c2cccc3c2CC(=O)N3)C1.Cl. The van der Waals surface area contributed by atoms with Gasteiger partial charge in [-0.05, 0) is 55.5 Å². The van der Waals surface area contributed by atoms with E-state index in [1.54, 1.807) is 0 Å². The number of nitrogens with zero attached hydrogens (tertiary/aromatic N) is 1. The van der Waals surface area contributed by atoms with Crippen LogP contribution in [-0.2, 0) is 11.2 Å². The lowest BCUT2D eigenvalue weighted by Gasteiger charge is -2.33. The van der Waals surface area contributed by atoms with Crippen LogP contribution in [0.25, 0.3) is 0 Å². The zero-order valence-electron chi connectivity index (χ0n) is 12.0. The maximum Gasteiger partial charge on any atom is 0.228 e. The Hall–Kier alpha value is -1.06. The smallest absolute Gasteiger partial charge is 0.228 e. The number of fused-ring (bicyclic) bond motifs is 1. The minimum Gasteiger partial charge on any atom is -0.326 e. The summed E-state index contributed by atoms with van der Waals surface area (Å²) in [5, 5.41) is 2.96. The fourth-order valence-electron chi connectivity index (χ4n) is 3.49. The Bertz CT molecular complexity index is 487. The van der Waals surface area contributed by atoms with E-state index in [9.17, 15) is 4.79 Å². The van der Waals surface area contributed by atoms with Crippen molar-refractivity contribution in [1.82, 2.24) is 4.90 Å². The zero-order chi connectivity index (χ0) is 13.2. The van der Waals surface area contributed by atoms with Crippen molar-refractivity contribution in [3.8, 4) is 0 Å². The molecule has 2 aliphatic rings. The molecule has 2 heterocycles. The van der Waals surface area contributed by atoms with Crippen molar-refractivity contribution < 1.29 is 4.79 Å². The predicted molar refractivity (Wildman–Crippen MR) is 84.7 cm³/mol. The Morgan fingerprint density at radius 2 is 2.25 bits per heavy atom. The highest BCUT2D eigenvalue weighted by Crippen LogP contribution is 2.35. The fraction of sp³-hybridized carbons (Fsp3) is 0.562. The number of rotatable bonds is 3. The predicted octanol–water partition coefficient (Wildman–Crippen LogP) is 3.19. The van der Waals surface area contributed by atoms with Crippen molar-refractivity contribution in [2.75, 3.05) is 25.0 Å². The van der Waals surface area contributed by atoms with Gasteiger partial charge in [0, 0.05) is 12.2 Å². The van der Waals surface area contributed by atoms with E-state index < -0.39 is 0 Å². The Labute approximate surface area is 127 Å². The Morgan fingerprint density at radius 1 is 1.40 bits per heavy atom. The highest BCUT2D eigenvalue weighted by molar-refractivity contribution is 5.99. The first-order valence-corrected chi connectivity index (χ1v) is 7.42. The minimum atomic E-state index is 0. The van der Waals surface area contributed by atoms with Crippen LogP contribution >= 0.6 is 12.4 Å². The largest absolute Gasteiger partial charge is 0.326 e. The van der Waals surface area contributed by atoms with E-state index in [1.807, 2.05) is 6.07 Å². The second-order valence-corrected chi connectivity index (χ2v) is 5.74. The molecular formula is C16H23ClN2O. The summed E-state index contributed by atoms with van der Waals surface area (Å²) in [6.45, 7) is 5.82. The average molecular weight is 295 g/mol. The van der Waals surface area contributed by atoms with Gasteiger partial charge in [0.25, 0.3) is 0 Å². The molecule has 20 heavy (non-hydrogen) atoms. The molecule has 1 aromatic carbocycles. The van der Waals surface area contributed by atoms with Crippen LogP contribution in [0.3, 0.4) is 0 Å². The fourth-order valence-corrected chi connectivity index (χ4v) is 3.49. The van der Waals surface area contributed by atoms with Gasteiger partial charge in [0.2, 0.25) is 5.91 Å². The molecule has 0 aliphatic carbocycles. The molecule has 2 aliphatic heterocycles. The normalized spacial score (nSPS) is 22.1. The van der Waals surface area contributed by atoms with Gasteiger partial charge in [-0.2, -0.15) is 0 Å². The minimum absolute atomic E-state index is 0. The Morgan fingerprint density at radius 3 is 3.05 bits per heavy atom. The second kappa shape index (κ2) is 6.59.